The van der Waals surface area contributed by atoms with Gasteiger partial charge in [0.05, 0.1) is 12.7 Å². The topological polar surface area (TPSA) is 38.7 Å². The van der Waals surface area contributed by atoms with Crippen molar-refractivity contribution < 1.29 is 14.6 Å². The third-order valence-corrected chi connectivity index (χ3v) is 2.51. The number of aliphatic hydroxyl groups excluding tert-OH is 1. The van der Waals surface area contributed by atoms with Crippen LogP contribution in [0.4, 0.5) is 0 Å². The quantitative estimate of drug-likeness (QED) is 0.821. The lowest BCUT2D eigenvalue weighted by molar-refractivity contribution is -0.0617. The predicted molar refractivity (Wildman–Crippen MR) is 56.3 cm³/mol. The Morgan fingerprint density at radius 1 is 1.27 bits per heavy atom. The molecule has 1 aromatic rings. The van der Waals surface area contributed by atoms with Gasteiger partial charge < -0.3 is 14.6 Å². The summed E-state index contributed by atoms with van der Waals surface area (Å²) in [4.78, 5) is 0. The Morgan fingerprint density at radius 2 is 2.07 bits per heavy atom. The van der Waals surface area contributed by atoms with Crippen LogP contribution in [0.25, 0.3) is 0 Å². The zero-order valence-electron chi connectivity index (χ0n) is 8.63. The fourth-order valence-corrected chi connectivity index (χ4v) is 1.70. The first-order chi connectivity index (χ1) is 7.40. The van der Waals surface area contributed by atoms with E-state index in [1.807, 2.05) is 30.3 Å². The normalized spacial score (nSPS) is 25.7. The molecule has 1 aromatic carbocycles. The molecule has 0 saturated carbocycles. The number of benzene rings is 1. The predicted octanol–water partition coefficient (Wildman–Crippen LogP) is 1.87. The summed E-state index contributed by atoms with van der Waals surface area (Å²) < 4.78 is 11.3. The van der Waals surface area contributed by atoms with E-state index >= 15 is 0 Å². The standard InChI is InChI=1S/C12H16O3/c13-8-4-7-11-9-14-12(15-11)10-5-2-1-3-6-10/h1-3,5-6,11-13H,4,7-9H2. The molecule has 2 unspecified atom stereocenters. The van der Waals surface area contributed by atoms with Crippen molar-refractivity contribution >= 4 is 0 Å². The average molecular weight is 208 g/mol. The van der Waals surface area contributed by atoms with Crippen LogP contribution in [-0.4, -0.2) is 24.4 Å². The van der Waals surface area contributed by atoms with Crippen LogP contribution in [-0.2, 0) is 9.47 Å². The first-order valence-corrected chi connectivity index (χ1v) is 5.33. The fraction of sp³-hybridized carbons (Fsp3) is 0.500. The van der Waals surface area contributed by atoms with Crippen LogP contribution in [0.15, 0.2) is 30.3 Å². The van der Waals surface area contributed by atoms with E-state index in [-0.39, 0.29) is 19.0 Å². The highest BCUT2D eigenvalue weighted by Gasteiger charge is 2.26. The Bertz CT molecular complexity index is 286. The van der Waals surface area contributed by atoms with Crippen LogP contribution in [0.2, 0.25) is 0 Å². The van der Waals surface area contributed by atoms with E-state index in [9.17, 15) is 0 Å². The van der Waals surface area contributed by atoms with Crippen LogP contribution in [0.5, 0.6) is 0 Å². The molecule has 3 nitrogen and oxygen atoms in total. The first kappa shape index (κ1) is 10.6. The van der Waals surface area contributed by atoms with Gasteiger partial charge in [0.15, 0.2) is 6.29 Å². The smallest absolute Gasteiger partial charge is 0.184 e. The van der Waals surface area contributed by atoms with E-state index in [1.54, 1.807) is 0 Å². The van der Waals surface area contributed by atoms with Crippen molar-refractivity contribution in [1.82, 2.24) is 0 Å². The highest BCUT2D eigenvalue weighted by atomic mass is 16.7. The molecule has 2 rings (SSSR count). The molecule has 82 valence electrons. The molecule has 1 aliphatic rings. The van der Waals surface area contributed by atoms with Crippen molar-refractivity contribution in [2.45, 2.75) is 25.2 Å². The van der Waals surface area contributed by atoms with Crippen molar-refractivity contribution in [3.8, 4) is 0 Å². The lowest BCUT2D eigenvalue weighted by atomic mass is 10.2. The van der Waals surface area contributed by atoms with Gasteiger partial charge in [-0.15, -0.1) is 0 Å². The van der Waals surface area contributed by atoms with Crippen LogP contribution < -0.4 is 0 Å². The SMILES string of the molecule is OCCCC1COC(c2ccccc2)O1. The van der Waals surface area contributed by atoms with Gasteiger partial charge in [0.25, 0.3) is 0 Å². The second kappa shape index (κ2) is 5.26. The molecule has 1 N–H and O–H groups in total. The average Bonchev–Trinajstić information content (AvgIpc) is 2.76. The number of ether oxygens (including phenoxy) is 2. The van der Waals surface area contributed by atoms with E-state index in [4.69, 9.17) is 14.6 Å². The summed E-state index contributed by atoms with van der Waals surface area (Å²) in [6, 6.07) is 9.92. The van der Waals surface area contributed by atoms with Gasteiger partial charge in [0.1, 0.15) is 0 Å². The summed E-state index contributed by atoms with van der Waals surface area (Å²) in [6.45, 7) is 0.843. The van der Waals surface area contributed by atoms with Crippen molar-refractivity contribution in [3.05, 3.63) is 35.9 Å². The van der Waals surface area contributed by atoms with Crippen LogP contribution in [0, 0.1) is 0 Å². The second-order valence-corrected chi connectivity index (χ2v) is 3.70. The van der Waals surface area contributed by atoms with Gasteiger partial charge in [0, 0.05) is 12.2 Å². The molecule has 0 aromatic heterocycles. The van der Waals surface area contributed by atoms with Gasteiger partial charge in [-0.25, -0.2) is 0 Å². The van der Waals surface area contributed by atoms with Crippen LogP contribution in [0.1, 0.15) is 24.7 Å². The lowest BCUT2D eigenvalue weighted by Crippen LogP contribution is -2.10. The zero-order valence-corrected chi connectivity index (χ0v) is 8.63. The second-order valence-electron chi connectivity index (χ2n) is 3.70. The highest BCUT2D eigenvalue weighted by Crippen LogP contribution is 2.28. The summed E-state index contributed by atoms with van der Waals surface area (Å²) >= 11 is 0. The van der Waals surface area contributed by atoms with Crippen molar-refractivity contribution in [2.24, 2.45) is 0 Å². The number of hydrogen-bond donors (Lipinski definition) is 1. The molecule has 1 fully saturated rings. The molecule has 3 heteroatoms. The van der Waals surface area contributed by atoms with Crippen molar-refractivity contribution in [1.29, 1.82) is 0 Å². The molecule has 0 amide bonds. The minimum absolute atomic E-state index is 0.127. The van der Waals surface area contributed by atoms with Crippen molar-refractivity contribution in [2.75, 3.05) is 13.2 Å². The highest BCUT2D eigenvalue weighted by molar-refractivity contribution is 5.16. The summed E-state index contributed by atoms with van der Waals surface area (Å²) in [5, 5.41) is 8.71. The monoisotopic (exact) mass is 208 g/mol. The molecule has 15 heavy (non-hydrogen) atoms. The Hall–Kier alpha value is -0.900. The van der Waals surface area contributed by atoms with Gasteiger partial charge in [-0.2, -0.15) is 0 Å². The van der Waals surface area contributed by atoms with Gasteiger partial charge in [-0.3, -0.25) is 0 Å². The summed E-state index contributed by atoms with van der Waals surface area (Å²) in [5.41, 5.74) is 1.06. The minimum Gasteiger partial charge on any atom is -0.396 e. The summed E-state index contributed by atoms with van der Waals surface area (Å²) in [7, 11) is 0. The van der Waals surface area contributed by atoms with Crippen LogP contribution in [0.3, 0.4) is 0 Å². The van der Waals surface area contributed by atoms with Gasteiger partial charge in [0.2, 0.25) is 0 Å². The Balaban J connectivity index is 1.87. The Kier molecular flexibility index (Phi) is 3.72. The van der Waals surface area contributed by atoms with E-state index in [1.165, 1.54) is 0 Å². The molecule has 0 spiro atoms. The van der Waals surface area contributed by atoms with Gasteiger partial charge >= 0.3 is 0 Å². The number of hydrogen-bond acceptors (Lipinski definition) is 3. The summed E-state index contributed by atoms with van der Waals surface area (Å²) in [6.07, 6.45) is 1.53. The largest absolute Gasteiger partial charge is 0.396 e. The molecular formula is C12H16O3. The zero-order chi connectivity index (χ0) is 10.5. The Morgan fingerprint density at radius 3 is 2.80 bits per heavy atom. The minimum atomic E-state index is -0.227. The molecule has 1 saturated heterocycles. The van der Waals surface area contributed by atoms with E-state index in [0.717, 1.165) is 18.4 Å². The maximum Gasteiger partial charge on any atom is 0.184 e. The van der Waals surface area contributed by atoms with E-state index < -0.39 is 0 Å². The maximum atomic E-state index is 8.71. The molecule has 1 heterocycles. The number of aliphatic hydroxyl groups is 1. The molecular weight excluding hydrogens is 192 g/mol. The third-order valence-electron chi connectivity index (χ3n) is 2.51. The Labute approximate surface area is 89.6 Å². The van der Waals surface area contributed by atoms with Crippen LogP contribution >= 0.6 is 0 Å². The maximum absolute atomic E-state index is 8.71. The molecule has 1 aliphatic heterocycles. The van der Waals surface area contributed by atoms with Gasteiger partial charge in [-0.1, -0.05) is 30.3 Å². The molecule has 2 atom stereocenters. The lowest BCUT2D eigenvalue weighted by Gasteiger charge is -2.10. The first-order valence-electron chi connectivity index (χ1n) is 5.33. The van der Waals surface area contributed by atoms with E-state index in [2.05, 4.69) is 0 Å². The number of rotatable bonds is 4. The van der Waals surface area contributed by atoms with Crippen molar-refractivity contribution in [3.63, 3.8) is 0 Å². The third kappa shape index (κ3) is 2.78. The fourth-order valence-electron chi connectivity index (χ4n) is 1.70. The van der Waals surface area contributed by atoms with Gasteiger partial charge in [-0.05, 0) is 12.8 Å². The molecule has 0 bridgehead atoms. The summed E-state index contributed by atoms with van der Waals surface area (Å²) in [5.74, 6) is 0. The van der Waals surface area contributed by atoms with E-state index in [0.29, 0.717) is 6.61 Å². The molecule has 0 aliphatic carbocycles. The molecule has 0 radical (unpaired) electrons.